The molecule has 5 aromatic rings. The summed E-state index contributed by atoms with van der Waals surface area (Å²) in [4.78, 5) is 17.0. The van der Waals surface area contributed by atoms with E-state index in [0.717, 1.165) is 22.2 Å². The van der Waals surface area contributed by atoms with Crippen molar-refractivity contribution in [1.29, 1.82) is 0 Å². The van der Waals surface area contributed by atoms with Crippen molar-refractivity contribution < 1.29 is 41.3 Å². The number of hydrogen-bond acceptors (Lipinski definition) is 5. The van der Waals surface area contributed by atoms with E-state index in [1.165, 1.54) is 12.1 Å². The Bertz CT molecular complexity index is 1830. The molecule has 45 heavy (non-hydrogen) atoms. The summed E-state index contributed by atoms with van der Waals surface area (Å²) < 4.78 is 83.8. The van der Waals surface area contributed by atoms with E-state index in [9.17, 15) is 31.9 Å². The maximum Gasteiger partial charge on any atom is 0.261 e. The van der Waals surface area contributed by atoms with Crippen LogP contribution in [0, 0.1) is 35.0 Å². The normalized spacial score (nSPS) is 20.0. The van der Waals surface area contributed by atoms with E-state index in [1.807, 2.05) is 60.0 Å². The summed E-state index contributed by atoms with van der Waals surface area (Å²) in [6.45, 7) is 2.38. The lowest BCUT2D eigenvalue weighted by Crippen LogP contribution is -2.39. The third kappa shape index (κ3) is 5.79. The molecular formula is C33H26F5N3O4. The van der Waals surface area contributed by atoms with Crippen LogP contribution >= 0.6 is 0 Å². The van der Waals surface area contributed by atoms with Gasteiger partial charge in [-0.1, -0.05) is 55.5 Å². The molecule has 0 radical (unpaired) electrons. The van der Waals surface area contributed by atoms with Gasteiger partial charge in [-0.25, -0.2) is 26.9 Å². The van der Waals surface area contributed by atoms with E-state index in [4.69, 9.17) is 9.47 Å². The Balaban J connectivity index is 1.26. The standard InChI is InChI=1S/C33H26F5N3O4/c1-17-24(14-41-16-39-22-4-2-3-5-23(22)41)44-33(45-31(17)19-8-6-18(15-42)7-9-19)20-10-12-21(13-11-20)40-32(43)25-26(34)28(36)30(38)29(37)27(25)35/h2-13,16-17,24,31,33,42H,14-15H2,1H3,(H,40,43). The Kier molecular flexibility index (Phi) is 8.36. The average molecular weight is 624 g/mol. The van der Waals surface area contributed by atoms with Gasteiger partial charge >= 0.3 is 0 Å². The highest BCUT2D eigenvalue weighted by Gasteiger charge is 2.39. The number of nitrogens with one attached hydrogen (secondary N) is 1. The van der Waals surface area contributed by atoms with Gasteiger partial charge in [0.15, 0.2) is 29.6 Å². The van der Waals surface area contributed by atoms with Gasteiger partial charge in [0.05, 0.1) is 42.7 Å². The summed E-state index contributed by atoms with van der Waals surface area (Å²) in [6, 6.07) is 21.0. The van der Waals surface area contributed by atoms with Crippen LogP contribution in [0.1, 0.15) is 46.4 Å². The van der Waals surface area contributed by atoms with Crippen molar-refractivity contribution in [3.8, 4) is 0 Å². The monoisotopic (exact) mass is 623 g/mol. The van der Waals surface area contributed by atoms with Gasteiger partial charge in [-0.15, -0.1) is 0 Å². The molecule has 1 aliphatic rings. The fourth-order valence-corrected chi connectivity index (χ4v) is 5.40. The Morgan fingerprint density at radius 2 is 1.47 bits per heavy atom. The van der Waals surface area contributed by atoms with E-state index < -0.39 is 53.0 Å². The number of fused-ring (bicyclic) bond motifs is 1. The fraction of sp³-hybridized carbons (Fsp3) is 0.212. The highest BCUT2D eigenvalue weighted by Crippen LogP contribution is 2.42. The molecule has 1 aromatic heterocycles. The molecule has 2 heterocycles. The largest absolute Gasteiger partial charge is 0.392 e. The number of amides is 1. The summed E-state index contributed by atoms with van der Waals surface area (Å²) in [6.07, 6.45) is 0.115. The summed E-state index contributed by atoms with van der Waals surface area (Å²) in [5.41, 5.74) is 2.40. The number of aromatic nitrogens is 2. The van der Waals surface area contributed by atoms with Crippen molar-refractivity contribution >= 4 is 22.6 Å². The van der Waals surface area contributed by atoms with Crippen molar-refractivity contribution in [2.45, 2.75) is 38.6 Å². The first-order valence-corrected chi connectivity index (χ1v) is 14.0. The molecule has 1 amide bonds. The molecule has 232 valence electrons. The zero-order chi connectivity index (χ0) is 31.8. The van der Waals surface area contributed by atoms with Crippen LogP contribution in [0.15, 0.2) is 79.1 Å². The molecule has 4 aromatic carbocycles. The first-order valence-electron chi connectivity index (χ1n) is 14.0. The Hall–Kier alpha value is -4.65. The molecule has 7 nitrogen and oxygen atoms in total. The number of aliphatic hydroxyl groups is 1. The van der Waals surface area contributed by atoms with E-state index >= 15 is 0 Å². The molecule has 1 fully saturated rings. The molecule has 0 saturated carbocycles. The number of hydrogen-bond donors (Lipinski definition) is 2. The summed E-state index contributed by atoms with van der Waals surface area (Å²) in [7, 11) is 0. The molecule has 6 rings (SSSR count). The number of nitrogens with zero attached hydrogens (tertiary/aromatic N) is 2. The smallest absolute Gasteiger partial charge is 0.261 e. The quantitative estimate of drug-likeness (QED) is 0.116. The van der Waals surface area contributed by atoms with E-state index in [2.05, 4.69) is 10.3 Å². The van der Waals surface area contributed by atoms with Gasteiger partial charge in [0, 0.05) is 17.2 Å². The molecule has 2 N–H and O–H groups in total. The van der Waals surface area contributed by atoms with Crippen molar-refractivity contribution in [3.63, 3.8) is 0 Å². The number of carbonyl (C=O) groups excluding carboxylic acids is 1. The molecule has 1 saturated heterocycles. The van der Waals surface area contributed by atoms with Crippen LogP contribution < -0.4 is 5.32 Å². The van der Waals surface area contributed by atoms with E-state index in [0.29, 0.717) is 12.1 Å². The average Bonchev–Trinajstić information content (AvgIpc) is 3.47. The first kappa shape index (κ1) is 30.4. The molecule has 0 aliphatic carbocycles. The van der Waals surface area contributed by atoms with Crippen molar-refractivity contribution in [2.24, 2.45) is 5.92 Å². The van der Waals surface area contributed by atoms with Crippen molar-refractivity contribution in [2.75, 3.05) is 5.32 Å². The lowest BCUT2D eigenvalue weighted by Gasteiger charge is -2.41. The molecule has 12 heteroatoms. The Morgan fingerprint density at radius 1 is 0.844 bits per heavy atom. The highest BCUT2D eigenvalue weighted by molar-refractivity contribution is 6.04. The van der Waals surface area contributed by atoms with Crippen LogP contribution in [0.25, 0.3) is 11.0 Å². The van der Waals surface area contributed by atoms with Crippen LogP contribution in [0.5, 0.6) is 0 Å². The number of anilines is 1. The van der Waals surface area contributed by atoms with Gasteiger partial charge in [-0.3, -0.25) is 4.79 Å². The maximum atomic E-state index is 14.1. The minimum atomic E-state index is -2.35. The number of carbonyl (C=O) groups is 1. The van der Waals surface area contributed by atoms with Crippen LogP contribution in [-0.4, -0.2) is 26.7 Å². The number of ether oxygens (including phenoxy) is 2. The fourth-order valence-electron chi connectivity index (χ4n) is 5.40. The predicted octanol–water partition coefficient (Wildman–Crippen LogP) is 6.97. The zero-order valence-corrected chi connectivity index (χ0v) is 23.7. The van der Waals surface area contributed by atoms with Crippen LogP contribution in [0.2, 0.25) is 0 Å². The topological polar surface area (TPSA) is 85.6 Å². The van der Waals surface area contributed by atoms with E-state index in [1.54, 1.807) is 18.5 Å². The lowest BCUT2D eigenvalue weighted by atomic mass is 9.90. The van der Waals surface area contributed by atoms with Gasteiger partial charge in [0.1, 0.15) is 5.56 Å². The summed E-state index contributed by atoms with van der Waals surface area (Å²) in [5.74, 6) is -12.9. The second-order valence-corrected chi connectivity index (χ2v) is 10.7. The SMILES string of the molecule is CC1C(Cn2cnc3ccccc32)OC(c2ccc(NC(=O)c3c(F)c(F)c(F)c(F)c3F)cc2)OC1c1ccc(CO)cc1. The van der Waals surface area contributed by atoms with Gasteiger partial charge < -0.3 is 24.5 Å². The van der Waals surface area contributed by atoms with Crippen LogP contribution in [0.4, 0.5) is 27.6 Å². The Labute approximate surface area is 253 Å². The van der Waals surface area contributed by atoms with Gasteiger partial charge in [-0.2, -0.15) is 0 Å². The van der Waals surface area contributed by atoms with Crippen molar-refractivity contribution in [1.82, 2.24) is 9.55 Å². The second kappa shape index (κ2) is 12.4. The van der Waals surface area contributed by atoms with Crippen LogP contribution in [-0.2, 0) is 22.6 Å². The van der Waals surface area contributed by atoms with Gasteiger partial charge in [0.25, 0.3) is 5.91 Å². The minimum Gasteiger partial charge on any atom is -0.392 e. The van der Waals surface area contributed by atoms with E-state index in [-0.39, 0.29) is 24.3 Å². The molecule has 0 bridgehead atoms. The zero-order valence-electron chi connectivity index (χ0n) is 23.7. The molecular weight excluding hydrogens is 597 g/mol. The number of halogens is 5. The molecule has 4 unspecified atom stereocenters. The predicted molar refractivity (Wildman–Crippen MR) is 153 cm³/mol. The third-order valence-corrected chi connectivity index (χ3v) is 7.90. The number of para-hydroxylation sites is 2. The third-order valence-electron chi connectivity index (χ3n) is 7.90. The summed E-state index contributed by atoms with van der Waals surface area (Å²) in [5, 5.41) is 11.7. The van der Waals surface area contributed by atoms with Gasteiger partial charge in [-0.05, 0) is 35.4 Å². The number of imidazole rings is 1. The summed E-state index contributed by atoms with van der Waals surface area (Å²) >= 11 is 0. The molecule has 4 atom stereocenters. The first-order chi connectivity index (χ1) is 21.7. The van der Waals surface area contributed by atoms with Crippen LogP contribution in [0.3, 0.4) is 0 Å². The minimum absolute atomic E-state index is 0.0365. The highest BCUT2D eigenvalue weighted by atomic mass is 19.2. The number of benzene rings is 4. The molecule has 1 aliphatic heterocycles. The number of aliphatic hydroxyl groups excluding tert-OH is 1. The molecule has 0 spiro atoms. The van der Waals surface area contributed by atoms with Crippen molar-refractivity contribution in [3.05, 3.63) is 130 Å². The van der Waals surface area contributed by atoms with Gasteiger partial charge in [0.2, 0.25) is 5.82 Å². The second-order valence-electron chi connectivity index (χ2n) is 10.7. The number of rotatable bonds is 7. The lowest BCUT2D eigenvalue weighted by molar-refractivity contribution is -0.276. The maximum absolute atomic E-state index is 14.1. The Morgan fingerprint density at radius 3 is 2.13 bits per heavy atom.